The standard InChI is InChI=1S/C16H19N3O4S/c20-24(21,13-3-4-15-16(10-13)23-9-8-22-15)19-7-1-2-12(11-19)14-5-6-17-18-14/h3-6,10,12H,1-2,7-9,11H2,(H,17,18). The van der Waals surface area contributed by atoms with Crippen molar-refractivity contribution in [2.24, 2.45) is 0 Å². The zero-order valence-corrected chi connectivity index (χ0v) is 14.0. The number of ether oxygens (including phenoxy) is 2. The third-order valence-electron chi connectivity index (χ3n) is 4.50. The Morgan fingerprint density at radius 2 is 2.00 bits per heavy atom. The second-order valence-electron chi connectivity index (χ2n) is 6.02. The highest BCUT2D eigenvalue weighted by Crippen LogP contribution is 2.35. The summed E-state index contributed by atoms with van der Waals surface area (Å²) in [6, 6.07) is 6.72. The Morgan fingerprint density at radius 3 is 2.79 bits per heavy atom. The molecule has 1 atom stereocenters. The van der Waals surface area contributed by atoms with E-state index in [-0.39, 0.29) is 10.8 Å². The van der Waals surface area contributed by atoms with Crippen LogP contribution in [0.5, 0.6) is 11.5 Å². The zero-order chi connectivity index (χ0) is 16.6. The molecule has 24 heavy (non-hydrogen) atoms. The number of hydrogen-bond acceptors (Lipinski definition) is 5. The highest BCUT2D eigenvalue weighted by Gasteiger charge is 2.32. The molecule has 2 aliphatic heterocycles. The predicted molar refractivity (Wildman–Crippen MR) is 86.8 cm³/mol. The molecule has 0 spiro atoms. The summed E-state index contributed by atoms with van der Waals surface area (Å²) < 4.78 is 38.5. The summed E-state index contributed by atoms with van der Waals surface area (Å²) >= 11 is 0. The number of aromatic nitrogens is 2. The van der Waals surface area contributed by atoms with Crippen molar-refractivity contribution in [3.8, 4) is 11.5 Å². The van der Waals surface area contributed by atoms with E-state index in [0.717, 1.165) is 18.5 Å². The van der Waals surface area contributed by atoms with Crippen LogP contribution >= 0.6 is 0 Å². The fourth-order valence-electron chi connectivity index (χ4n) is 3.24. The number of rotatable bonds is 3. The number of hydrogen-bond donors (Lipinski definition) is 1. The summed E-state index contributed by atoms with van der Waals surface area (Å²) in [4.78, 5) is 0.247. The summed E-state index contributed by atoms with van der Waals surface area (Å²) in [6.07, 6.45) is 3.48. The molecule has 4 rings (SSSR count). The highest BCUT2D eigenvalue weighted by atomic mass is 32.2. The third kappa shape index (κ3) is 2.76. The lowest BCUT2D eigenvalue weighted by atomic mass is 9.96. The van der Waals surface area contributed by atoms with Gasteiger partial charge in [-0.15, -0.1) is 0 Å². The number of sulfonamides is 1. The Hall–Kier alpha value is -2.06. The van der Waals surface area contributed by atoms with Crippen LogP contribution in [0.4, 0.5) is 0 Å². The van der Waals surface area contributed by atoms with E-state index in [9.17, 15) is 8.42 Å². The lowest BCUT2D eigenvalue weighted by molar-refractivity contribution is 0.171. The smallest absolute Gasteiger partial charge is 0.243 e. The fourth-order valence-corrected chi connectivity index (χ4v) is 4.78. The van der Waals surface area contributed by atoms with Crippen LogP contribution in [0.25, 0.3) is 0 Å². The number of benzene rings is 1. The minimum Gasteiger partial charge on any atom is -0.486 e. The maximum absolute atomic E-state index is 13.0. The first-order valence-corrected chi connectivity index (χ1v) is 9.48. The Kier molecular flexibility index (Phi) is 3.93. The Bertz CT molecular complexity index is 820. The van der Waals surface area contributed by atoms with Gasteiger partial charge in [0.25, 0.3) is 0 Å². The van der Waals surface area contributed by atoms with Crippen LogP contribution in [0.15, 0.2) is 35.4 Å². The molecule has 0 amide bonds. The number of piperidine rings is 1. The van der Waals surface area contributed by atoms with Gasteiger partial charge in [-0.1, -0.05) is 0 Å². The van der Waals surface area contributed by atoms with Crippen LogP contribution in [0, 0.1) is 0 Å². The molecule has 1 saturated heterocycles. The molecule has 2 aromatic rings. The Labute approximate surface area is 140 Å². The molecule has 0 radical (unpaired) electrons. The molecule has 128 valence electrons. The summed E-state index contributed by atoms with van der Waals surface area (Å²) in [6.45, 7) is 1.90. The van der Waals surface area contributed by atoms with Crippen molar-refractivity contribution in [1.82, 2.24) is 14.5 Å². The molecule has 3 heterocycles. The fraction of sp³-hybridized carbons (Fsp3) is 0.438. The van der Waals surface area contributed by atoms with Gasteiger partial charge in [0, 0.05) is 37.0 Å². The van der Waals surface area contributed by atoms with Gasteiger partial charge in [-0.25, -0.2) is 8.42 Å². The van der Waals surface area contributed by atoms with E-state index in [1.54, 1.807) is 28.7 Å². The molecule has 0 saturated carbocycles. The topological polar surface area (TPSA) is 84.5 Å². The molecule has 0 aliphatic carbocycles. The first kappa shape index (κ1) is 15.5. The van der Waals surface area contributed by atoms with Crippen LogP contribution in [-0.2, 0) is 10.0 Å². The van der Waals surface area contributed by atoms with Crippen LogP contribution in [-0.4, -0.2) is 49.2 Å². The SMILES string of the molecule is O=S(=O)(c1ccc2c(c1)OCCO2)N1CCCC(c2ccn[nH]2)C1. The van der Waals surface area contributed by atoms with E-state index in [4.69, 9.17) is 9.47 Å². The van der Waals surface area contributed by atoms with E-state index in [2.05, 4.69) is 10.2 Å². The Morgan fingerprint density at radius 1 is 1.17 bits per heavy atom. The van der Waals surface area contributed by atoms with Crippen LogP contribution in [0.2, 0.25) is 0 Å². The molecule has 1 fully saturated rings. The van der Waals surface area contributed by atoms with Gasteiger partial charge in [0.1, 0.15) is 13.2 Å². The first-order chi connectivity index (χ1) is 11.6. The molecule has 0 bridgehead atoms. The molecule has 1 aromatic heterocycles. The molecule has 1 unspecified atom stereocenters. The van der Waals surface area contributed by atoms with Crippen molar-refractivity contribution in [2.45, 2.75) is 23.7 Å². The lowest BCUT2D eigenvalue weighted by Gasteiger charge is -2.31. The van der Waals surface area contributed by atoms with Gasteiger partial charge in [0.15, 0.2) is 11.5 Å². The third-order valence-corrected chi connectivity index (χ3v) is 6.36. The minimum absolute atomic E-state index is 0.147. The van der Waals surface area contributed by atoms with E-state index >= 15 is 0 Å². The van der Waals surface area contributed by atoms with Crippen molar-refractivity contribution in [3.63, 3.8) is 0 Å². The summed E-state index contributed by atoms with van der Waals surface area (Å²) in [5, 5.41) is 6.92. The average molecular weight is 349 g/mol. The molecular formula is C16H19N3O4S. The maximum atomic E-state index is 13.0. The molecule has 1 N–H and O–H groups in total. The number of fused-ring (bicyclic) bond motifs is 1. The zero-order valence-electron chi connectivity index (χ0n) is 13.1. The van der Waals surface area contributed by atoms with Gasteiger partial charge >= 0.3 is 0 Å². The van der Waals surface area contributed by atoms with Gasteiger partial charge in [-0.05, 0) is 31.0 Å². The number of H-pyrrole nitrogens is 1. The minimum atomic E-state index is -3.56. The van der Waals surface area contributed by atoms with Gasteiger partial charge in [-0.3, -0.25) is 5.10 Å². The normalized spacial score (nSPS) is 21.6. The number of aromatic amines is 1. The van der Waals surface area contributed by atoms with Crippen molar-refractivity contribution < 1.29 is 17.9 Å². The van der Waals surface area contributed by atoms with Crippen molar-refractivity contribution in [3.05, 3.63) is 36.2 Å². The molecule has 2 aliphatic rings. The summed E-state index contributed by atoms with van der Waals surface area (Å²) in [5.41, 5.74) is 0.983. The monoisotopic (exact) mass is 349 g/mol. The summed E-state index contributed by atoms with van der Waals surface area (Å²) in [7, 11) is -3.56. The van der Waals surface area contributed by atoms with Gasteiger partial charge < -0.3 is 9.47 Å². The number of nitrogens with one attached hydrogen (secondary N) is 1. The van der Waals surface area contributed by atoms with Crippen molar-refractivity contribution in [2.75, 3.05) is 26.3 Å². The maximum Gasteiger partial charge on any atom is 0.243 e. The second kappa shape index (κ2) is 6.10. The van der Waals surface area contributed by atoms with E-state index in [1.807, 2.05) is 6.07 Å². The largest absolute Gasteiger partial charge is 0.486 e. The van der Waals surface area contributed by atoms with Gasteiger partial charge in [-0.2, -0.15) is 9.40 Å². The van der Waals surface area contributed by atoms with Crippen LogP contribution in [0.3, 0.4) is 0 Å². The van der Waals surface area contributed by atoms with E-state index in [0.29, 0.717) is 37.8 Å². The lowest BCUT2D eigenvalue weighted by Crippen LogP contribution is -2.39. The molecule has 1 aromatic carbocycles. The van der Waals surface area contributed by atoms with Crippen LogP contribution in [0.1, 0.15) is 24.5 Å². The summed E-state index contributed by atoms with van der Waals surface area (Å²) in [5.74, 6) is 1.23. The average Bonchev–Trinajstić information content (AvgIpc) is 3.16. The number of nitrogens with zero attached hydrogens (tertiary/aromatic N) is 2. The van der Waals surface area contributed by atoms with Crippen molar-refractivity contribution in [1.29, 1.82) is 0 Å². The second-order valence-corrected chi connectivity index (χ2v) is 7.96. The molecule has 7 nitrogen and oxygen atoms in total. The molecule has 8 heteroatoms. The van der Waals surface area contributed by atoms with Crippen LogP contribution < -0.4 is 9.47 Å². The van der Waals surface area contributed by atoms with Gasteiger partial charge in [0.2, 0.25) is 10.0 Å². The first-order valence-electron chi connectivity index (χ1n) is 8.04. The van der Waals surface area contributed by atoms with E-state index < -0.39 is 10.0 Å². The van der Waals surface area contributed by atoms with Crippen molar-refractivity contribution >= 4 is 10.0 Å². The molecular weight excluding hydrogens is 330 g/mol. The van der Waals surface area contributed by atoms with E-state index in [1.165, 1.54) is 0 Å². The quantitative estimate of drug-likeness (QED) is 0.912. The predicted octanol–water partition coefficient (Wildman–Crippen LogP) is 1.75. The highest BCUT2D eigenvalue weighted by molar-refractivity contribution is 7.89. The van der Waals surface area contributed by atoms with Gasteiger partial charge in [0.05, 0.1) is 4.90 Å². The Balaban J connectivity index is 1.60.